The standard InChI is InChI=1S/C28H27N3O3/c1-18-10-14-21(15-11-18)29-26(33)24-20(3)31(23-8-6-5-7-9-23)28(4,25(24)32)27(34)30-22-16-12-19(2)13-17-22/h5-17H,1-4H3,(H,29,33)(H,30,34). The molecular weight excluding hydrogens is 426 g/mol. The van der Waals surface area contributed by atoms with Gasteiger partial charge in [-0.1, -0.05) is 53.6 Å². The Morgan fingerprint density at radius 2 is 1.24 bits per heavy atom. The van der Waals surface area contributed by atoms with Crippen LogP contribution >= 0.6 is 0 Å². The molecule has 1 aliphatic rings. The van der Waals surface area contributed by atoms with Crippen LogP contribution in [0.25, 0.3) is 0 Å². The topological polar surface area (TPSA) is 78.5 Å². The van der Waals surface area contributed by atoms with Crippen molar-refractivity contribution in [1.29, 1.82) is 0 Å². The van der Waals surface area contributed by atoms with E-state index in [1.807, 2.05) is 68.4 Å². The van der Waals surface area contributed by atoms with Crippen LogP contribution in [-0.2, 0) is 14.4 Å². The van der Waals surface area contributed by atoms with Crippen molar-refractivity contribution in [3.05, 3.63) is 101 Å². The predicted molar refractivity (Wildman–Crippen MR) is 135 cm³/mol. The fourth-order valence-corrected chi connectivity index (χ4v) is 4.18. The van der Waals surface area contributed by atoms with Gasteiger partial charge in [0.05, 0.1) is 0 Å². The van der Waals surface area contributed by atoms with E-state index in [4.69, 9.17) is 0 Å². The van der Waals surface area contributed by atoms with E-state index in [0.29, 0.717) is 22.8 Å². The summed E-state index contributed by atoms with van der Waals surface area (Å²) in [6.45, 7) is 7.16. The molecule has 0 saturated heterocycles. The minimum atomic E-state index is -1.64. The lowest BCUT2D eigenvalue weighted by atomic mass is 9.91. The molecule has 1 unspecified atom stereocenters. The van der Waals surface area contributed by atoms with Gasteiger partial charge in [-0.15, -0.1) is 0 Å². The van der Waals surface area contributed by atoms with Crippen LogP contribution in [0.2, 0.25) is 0 Å². The molecule has 6 heteroatoms. The molecule has 6 nitrogen and oxygen atoms in total. The van der Waals surface area contributed by atoms with Gasteiger partial charge in [-0.05, 0) is 64.1 Å². The monoisotopic (exact) mass is 453 g/mol. The molecule has 2 amide bonds. The number of amides is 2. The van der Waals surface area contributed by atoms with Crippen LogP contribution in [-0.4, -0.2) is 23.1 Å². The third kappa shape index (κ3) is 4.10. The van der Waals surface area contributed by atoms with Crippen molar-refractivity contribution in [2.45, 2.75) is 33.2 Å². The van der Waals surface area contributed by atoms with E-state index in [1.165, 1.54) is 0 Å². The molecule has 2 N–H and O–H groups in total. The van der Waals surface area contributed by atoms with E-state index in [0.717, 1.165) is 11.1 Å². The molecule has 1 heterocycles. The number of hydrogen-bond donors (Lipinski definition) is 2. The minimum absolute atomic E-state index is 0.0361. The molecule has 0 bridgehead atoms. The van der Waals surface area contributed by atoms with Crippen molar-refractivity contribution in [2.75, 3.05) is 15.5 Å². The molecule has 0 radical (unpaired) electrons. The largest absolute Gasteiger partial charge is 0.324 e. The molecule has 34 heavy (non-hydrogen) atoms. The lowest BCUT2D eigenvalue weighted by Gasteiger charge is -2.35. The molecule has 3 aromatic rings. The summed E-state index contributed by atoms with van der Waals surface area (Å²) in [4.78, 5) is 42.3. The Morgan fingerprint density at radius 1 is 0.735 bits per heavy atom. The predicted octanol–water partition coefficient (Wildman–Crippen LogP) is 5.00. The first-order valence-electron chi connectivity index (χ1n) is 11.1. The number of aryl methyl sites for hydroxylation is 2. The van der Waals surface area contributed by atoms with Crippen LogP contribution in [0.15, 0.2) is 90.1 Å². The number of carbonyl (C=O) groups excluding carboxylic acids is 3. The molecule has 0 fully saturated rings. The molecular formula is C28H27N3O3. The lowest BCUT2D eigenvalue weighted by molar-refractivity contribution is -0.129. The van der Waals surface area contributed by atoms with E-state index in [2.05, 4.69) is 10.6 Å². The number of nitrogens with zero attached hydrogens (tertiary/aromatic N) is 1. The number of ketones is 1. The number of para-hydroxylation sites is 1. The maximum atomic E-state index is 13.8. The first-order valence-corrected chi connectivity index (χ1v) is 11.1. The fourth-order valence-electron chi connectivity index (χ4n) is 4.18. The van der Waals surface area contributed by atoms with Gasteiger partial charge >= 0.3 is 0 Å². The summed E-state index contributed by atoms with van der Waals surface area (Å²) in [6.07, 6.45) is 0. The van der Waals surface area contributed by atoms with E-state index < -0.39 is 23.1 Å². The SMILES string of the molecule is CC1=C(C(=O)Nc2ccc(C)cc2)C(=O)C(C)(C(=O)Nc2ccc(C)cc2)N1c1ccccc1. The molecule has 0 aromatic heterocycles. The zero-order valence-corrected chi connectivity index (χ0v) is 19.7. The highest BCUT2D eigenvalue weighted by atomic mass is 16.2. The van der Waals surface area contributed by atoms with Crippen LogP contribution in [0.1, 0.15) is 25.0 Å². The quantitative estimate of drug-likeness (QED) is 0.421. The third-order valence-corrected chi connectivity index (χ3v) is 6.12. The molecule has 0 saturated carbocycles. The highest BCUT2D eigenvalue weighted by Crippen LogP contribution is 2.39. The molecule has 1 atom stereocenters. The normalized spacial score (nSPS) is 17.6. The number of rotatable bonds is 5. The van der Waals surface area contributed by atoms with Gasteiger partial charge < -0.3 is 15.5 Å². The van der Waals surface area contributed by atoms with E-state index in [-0.39, 0.29) is 5.57 Å². The maximum Gasteiger partial charge on any atom is 0.261 e. The fraction of sp³-hybridized carbons (Fsp3) is 0.179. The second-order valence-electron chi connectivity index (χ2n) is 8.67. The van der Waals surface area contributed by atoms with Gasteiger partial charge in [0.15, 0.2) is 5.54 Å². The van der Waals surface area contributed by atoms with Crippen LogP contribution < -0.4 is 15.5 Å². The highest BCUT2D eigenvalue weighted by molar-refractivity contribution is 6.36. The molecule has 0 aliphatic carbocycles. The van der Waals surface area contributed by atoms with Gasteiger partial charge in [0.1, 0.15) is 5.57 Å². The number of benzene rings is 3. The first-order chi connectivity index (χ1) is 16.2. The third-order valence-electron chi connectivity index (χ3n) is 6.12. The van der Waals surface area contributed by atoms with Crippen LogP contribution in [0.4, 0.5) is 17.1 Å². The van der Waals surface area contributed by atoms with Gasteiger partial charge in [0.25, 0.3) is 11.8 Å². The van der Waals surface area contributed by atoms with Gasteiger partial charge in [-0.2, -0.15) is 0 Å². The average Bonchev–Trinajstić information content (AvgIpc) is 3.03. The van der Waals surface area contributed by atoms with Crippen molar-refractivity contribution in [1.82, 2.24) is 0 Å². The first kappa shape index (κ1) is 23.0. The summed E-state index contributed by atoms with van der Waals surface area (Å²) in [5.74, 6) is -1.61. The zero-order chi connectivity index (χ0) is 24.5. The minimum Gasteiger partial charge on any atom is -0.324 e. The van der Waals surface area contributed by atoms with E-state index >= 15 is 0 Å². The van der Waals surface area contributed by atoms with E-state index in [1.54, 1.807) is 43.0 Å². The molecule has 4 rings (SSSR count). The second kappa shape index (κ2) is 8.98. The van der Waals surface area contributed by atoms with Crippen LogP contribution in [0, 0.1) is 13.8 Å². The molecule has 172 valence electrons. The zero-order valence-electron chi connectivity index (χ0n) is 19.7. The van der Waals surface area contributed by atoms with Gasteiger partial charge in [-0.3, -0.25) is 14.4 Å². The Morgan fingerprint density at radius 3 is 1.76 bits per heavy atom. The number of allylic oxidation sites excluding steroid dienone is 1. The average molecular weight is 454 g/mol. The molecule has 3 aromatic carbocycles. The second-order valence-corrected chi connectivity index (χ2v) is 8.67. The number of anilines is 3. The van der Waals surface area contributed by atoms with Crippen molar-refractivity contribution in [3.63, 3.8) is 0 Å². The lowest BCUT2D eigenvalue weighted by Crippen LogP contribution is -2.56. The summed E-state index contributed by atoms with van der Waals surface area (Å²) in [5, 5.41) is 5.66. The van der Waals surface area contributed by atoms with Crippen LogP contribution in [0.3, 0.4) is 0 Å². The molecule has 1 aliphatic heterocycles. The van der Waals surface area contributed by atoms with Crippen molar-refractivity contribution in [2.24, 2.45) is 0 Å². The number of nitrogens with one attached hydrogen (secondary N) is 2. The van der Waals surface area contributed by atoms with Crippen LogP contribution in [0.5, 0.6) is 0 Å². The Balaban J connectivity index is 1.73. The Kier molecular flexibility index (Phi) is 6.07. The van der Waals surface area contributed by atoms with Crippen molar-refractivity contribution in [3.8, 4) is 0 Å². The Hall–Kier alpha value is -4.19. The van der Waals surface area contributed by atoms with Gasteiger partial charge in [0.2, 0.25) is 5.78 Å². The Bertz CT molecular complexity index is 1280. The van der Waals surface area contributed by atoms with Crippen molar-refractivity contribution < 1.29 is 14.4 Å². The Labute approximate surface area is 199 Å². The van der Waals surface area contributed by atoms with Gasteiger partial charge in [-0.25, -0.2) is 0 Å². The maximum absolute atomic E-state index is 13.8. The highest BCUT2D eigenvalue weighted by Gasteiger charge is 2.55. The number of Topliss-reactive ketones (excluding diaryl/α,β-unsaturated/α-hetero) is 1. The molecule has 0 spiro atoms. The van der Waals surface area contributed by atoms with E-state index in [9.17, 15) is 14.4 Å². The number of hydrogen-bond acceptors (Lipinski definition) is 4. The summed E-state index contributed by atoms with van der Waals surface area (Å²) < 4.78 is 0. The smallest absolute Gasteiger partial charge is 0.261 e. The summed E-state index contributed by atoms with van der Waals surface area (Å²) in [7, 11) is 0. The number of carbonyl (C=O) groups is 3. The summed E-state index contributed by atoms with van der Waals surface area (Å²) >= 11 is 0. The van der Waals surface area contributed by atoms with Crippen molar-refractivity contribution >= 4 is 34.7 Å². The summed E-state index contributed by atoms with van der Waals surface area (Å²) in [6, 6.07) is 23.8. The summed E-state index contributed by atoms with van der Waals surface area (Å²) in [5.41, 5.74) is 2.65. The van der Waals surface area contributed by atoms with Gasteiger partial charge in [0, 0.05) is 22.8 Å².